The van der Waals surface area contributed by atoms with Crippen LogP contribution in [0.5, 0.6) is 5.75 Å². The van der Waals surface area contributed by atoms with Crippen molar-refractivity contribution in [2.24, 2.45) is 17.6 Å². The van der Waals surface area contributed by atoms with Crippen LogP contribution in [0.4, 0.5) is 0 Å². The zero-order chi connectivity index (χ0) is 39.9. The van der Waals surface area contributed by atoms with E-state index in [1.54, 1.807) is 13.8 Å². The molecule has 1 aliphatic rings. The molecule has 5 amide bonds. The van der Waals surface area contributed by atoms with Crippen LogP contribution in [0.15, 0.2) is 84.9 Å². The fraction of sp³-hybridized carbons (Fsp3) is 0.465. The van der Waals surface area contributed by atoms with Crippen LogP contribution in [-0.4, -0.2) is 84.3 Å². The lowest BCUT2D eigenvalue weighted by molar-refractivity contribution is -0.135. The third-order valence-corrected chi connectivity index (χ3v) is 9.90. The van der Waals surface area contributed by atoms with E-state index in [1.807, 2.05) is 80.6 Å². The number of nitrogens with zero attached hydrogens (tertiary/aromatic N) is 1. The minimum atomic E-state index is -1.02. The minimum Gasteiger partial charge on any atom is -0.490 e. The lowest BCUT2D eigenvalue weighted by Crippen LogP contribution is -2.59. The number of nitrogens with two attached hydrogens (primary N) is 1. The molecule has 12 nitrogen and oxygen atoms in total. The number of benzene rings is 3. The van der Waals surface area contributed by atoms with Crippen molar-refractivity contribution in [1.29, 1.82) is 0 Å². The zero-order valence-corrected chi connectivity index (χ0v) is 32.8. The molecule has 0 spiro atoms. The molecule has 0 aliphatic carbocycles. The number of nitrogens with one attached hydrogen (secondary N) is 4. The van der Waals surface area contributed by atoms with Crippen LogP contribution >= 0.6 is 0 Å². The van der Waals surface area contributed by atoms with Crippen molar-refractivity contribution < 1.29 is 28.7 Å². The van der Waals surface area contributed by atoms with Gasteiger partial charge in [-0.2, -0.15) is 0 Å². The number of para-hydroxylation sites is 1. The molecule has 1 saturated heterocycles. The Hall–Kier alpha value is -5.23. The van der Waals surface area contributed by atoms with Gasteiger partial charge in [0, 0.05) is 38.9 Å². The maximum atomic E-state index is 13.5. The van der Waals surface area contributed by atoms with Gasteiger partial charge in [-0.15, -0.1) is 0 Å². The number of carbonyl (C=O) groups excluding carboxylic acids is 5. The summed E-state index contributed by atoms with van der Waals surface area (Å²) in [6.45, 7) is 10.8. The Balaban J connectivity index is 1.23. The van der Waals surface area contributed by atoms with Crippen LogP contribution < -0.4 is 31.7 Å². The molecule has 3 aromatic rings. The predicted octanol–water partition coefficient (Wildman–Crippen LogP) is 3.51. The summed E-state index contributed by atoms with van der Waals surface area (Å²) in [4.78, 5) is 67.3. The lowest BCUT2D eigenvalue weighted by atomic mass is 9.99. The van der Waals surface area contributed by atoms with E-state index < -0.39 is 47.8 Å². The third kappa shape index (κ3) is 13.5. The van der Waals surface area contributed by atoms with E-state index in [2.05, 4.69) is 44.4 Å². The molecule has 3 aromatic carbocycles. The normalized spacial score (nSPS) is 15.7. The SMILES string of the molecule is CC(C)[C@H](NC(=O)CCN1CCC(Oc2ccccc2Cc2ccccc2)CC1)C(=O)N[C@H](C(=O)N[C@@H](C)C(=O)N[C@H](Cc1ccccc1)C(N)=O)C(C)C. The molecule has 296 valence electrons. The zero-order valence-electron chi connectivity index (χ0n) is 32.8. The topological polar surface area (TPSA) is 172 Å². The summed E-state index contributed by atoms with van der Waals surface area (Å²) in [5.41, 5.74) is 8.76. The largest absolute Gasteiger partial charge is 0.490 e. The minimum absolute atomic E-state index is 0.0891. The third-order valence-electron chi connectivity index (χ3n) is 9.90. The fourth-order valence-electron chi connectivity index (χ4n) is 6.57. The van der Waals surface area contributed by atoms with Crippen molar-refractivity contribution in [2.75, 3.05) is 19.6 Å². The summed E-state index contributed by atoms with van der Waals surface area (Å²) in [5.74, 6) is -2.26. The maximum absolute atomic E-state index is 13.5. The Kier molecular flexibility index (Phi) is 16.2. The van der Waals surface area contributed by atoms with Gasteiger partial charge >= 0.3 is 0 Å². The molecular formula is C43H58N6O6. The van der Waals surface area contributed by atoms with Crippen LogP contribution in [0, 0.1) is 11.8 Å². The van der Waals surface area contributed by atoms with E-state index in [-0.39, 0.29) is 36.7 Å². The first-order chi connectivity index (χ1) is 26.3. The van der Waals surface area contributed by atoms with E-state index >= 15 is 0 Å². The molecule has 55 heavy (non-hydrogen) atoms. The van der Waals surface area contributed by atoms with Crippen molar-refractivity contribution in [2.45, 2.75) is 97.0 Å². The number of rotatable bonds is 19. The Morgan fingerprint density at radius 1 is 0.691 bits per heavy atom. The highest BCUT2D eigenvalue weighted by Gasteiger charge is 2.32. The highest BCUT2D eigenvalue weighted by Crippen LogP contribution is 2.25. The first-order valence-electron chi connectivity index (χ1n) is 19.3. The standard InChI is InChI=1S/C43H58N6O6/c1-28(2)38(43(54)48-39(29(3)4)42(53)45-30(5)41(52)46-35(40(44)51)27-32-16-10-7-11-17-32)47-37(50)22-25-49-23-20-34(21-24-49)55-36-19-13-12-18-33(36)26-31-14-8-6-9-15-31/h6-19,28-30,34-35,38-39H,20-27H2,1-5H3,(H2,44,51)(H,45,53)(H,46,52)(H,47,50)(H,48,54)/t30-,35+,38-,39-/m0/s1. The van der Waals surface area contributed by atoms with Gasteiger partial charge in [0.25, 0.3) is 0 Å². The lowest BCUT2D eigenvalue weighted by Gasteiger charge is -2.32. The Morgan fingerprint density at radius 3 is 1.84 bits per heavy atom. The summed E-state index contributed by atoms with van der Waals surface area (Å²) < 4.78 is 6.46. The summed E-state index contributed by atoms with van der Waals surface area (Å²) in [6.07, 6.45) is 3.01. The maximum Gasteiger partial charge on any atom is 0.243 e. The number of piperidine rings is 1. The van der Waals surface area contributed by atoms with Crippen molar-refractivity contribution in [3.63, 3.8) is 0 Å². The summed E-state index contributed by atoms with van der Waals surface area (Å²) >= 11 is 0. The van der Waals surface area contributed by atoms with Crippen molar-refractivity contribution >= 4 is 29.5 Å². The molecule has 0 bridgehead atoms. The summed E-state index contributed by atoms with van der Waals surface area (Å²) in [7, 11) is 0. The molecule has 0 unspecified atom stereocenters. The highest BCUT2D eigenvalue weighted by atomic mass is 16.5. The van der Waals surface area contributed by atoms with Crippen molar-refractivity contribution in [3.05, 3.63) is 102 Å². The van der Waals surface area contributed by atoms with E-state index in [9.17, 15) is 24.0 Å². The van der Waals surface area contributed by atoms with Crippen LogP contribution in [0.3, 0.4) is 0 Å². The second kappa shape index (κ2) is 21.0. The average molecular weight is 755 g/mol. The second-order valence-corrected chi connectivity index (χ2v) is 15.1. The number of hydrogen-bond acceptors (Lipinski definition) is 7. The van der Waals surface area contributed by atoms with E-state index in [0.29, 0.717) is 6.54 Å². The Labute approximate surface area is 325 Å². The molecule has 6 N–H and O–H groups in total. The first kappa shape index (κ1) is 42.5. The predicted molar refractivity (Wildman–Crippen MR) is 213 cm³/mol. The van der Waals surface area contributed by atoms with Crippen molar-refractivity contribution in [1.82, 2.24) is 26.2 Å². The number of ether oxygens (including phenoxy) is 1. The monoisotopic (exact) mass is 754 g/mol. The van der Waals surface area contributed by atoms with E-state index in [1.165, 1.54) is 12.5 Å². The van der Waals surface area contributed by atoms with Gasteiger partial charge in [0.15, 0.2) is 0 Å². The van der Waals surface area contributed by atoms with Gasteiger partial charge in [-0.1, -0.05) is 107 Å². The van der Waals surface area contributed by atoms with Crippen LogP contribution in [0.25, 0.3) is 0 Å². The number of carbonyl (C=O) groups is 5. The molecular weight excluding hydrogens is 697 g/mol. The molecule has 0 radical (unpaired) electrons. The average Bonchev–Trinajstić information content (AvgIpc) is 3.16. The molecule has 4 rings (SSSR count). The number of primary amides is 1. The second-order valence-electron chi connectivity index (χ2n) is 15.1. The van der Waals surface area contributed by atoms with Gasteiger partial charge in [0.05, 0.1) is 0 Å². The number of hydrogen-bond donors (Lipinski definition) is 5. The van der Waals surface area contributed by atoms with Gasteiger partial charge in [0.1, 0.15) is 36.0 Å². The van der Waals surface area contributed by atoms with E-state index in [0.717, 1.165) is 49.2 Å². The first-order valence-corrected chi connectivity index (χ1v) is 19.3. The smallest absolute Gasteiger partial charge is 0.243 e. The number of likely N-dealkylation sites (tertiary alicyclic amines) is 1. The molecule has 0 aromatic heterocycles. The summed E-state index contributed by atoms with van der Waals surface area (Å²) in [6, 6.07) is 23.8. The van der Waals surface area contributed by atoms with Crippen LogP contribution in [0.2, 0.25) is 0 Å². The number of amides is 5. The van der Waals surface area contributed by atoms with Gasteiger partial charge in [-0.25, -0.2) is 0 Å². The Morgan fingerprint density at radius 2 is 1.24 bits per heavy atom. The molecule has 4 atom stereocenters. The molecule has 1 heterocycles. The molecule has 1 aliphatic heterocycles. The van der Waals surface area contributed by atoms with Crippen molar-refractivity contribution in [3.8, 4) is 5.75 Å². The quantitative estimate of drug-likeness (QED) is 0.125. The van der Waals surface area contributed by atoms with Gasteiger partial charge in [-0.05, 0) is 54.4 Å². The van der Waals surface area contributed by atoms with Gasteiger partial charge in [0.2, 0.25) is 29.5 Å². The Bertz CT molecular complexity index is 1710. The van der Waals surface area contributed by atoms with Crippen LogP contribution in [-0.2, 0) is 36.8 Å². The van der Waals surface area contributed by atoms with E-state index in [4.69, 9.17) is 10.5 Å². The van der Waals surface area contributed by atoms with Gasteiger partial charge in [-0.3, -0.25) is 24.0 Å². The summed E-state index contributed by atoms with van der Waals surface area (Å²) in [5, 5.41) is 10.9. The molecule has 12 heteroatoms. The molecule has 0 saturated carbocycles. The fourth-order valence-corrected chi connectivity index (χ4v) is 6.57. The van der Waals surface area contributed by atoms with Crippen LogP contribution in [0.1, 0.15) is 70.6 Å². The highest BCUT2D eigenvalue weighted by molar-refractivity contribution is 5.95. The van der Waals surface area contributed by atoms with Gasteiger partial charge < -0.3 is 36.6 Å². The molecule has 1 fully saturated rings.